The lowest BCUT2D eigenvalue weighted by atomic mass is 10.1. The van der Waals surface area contributed by atoms with Gasteiger partial charge in [-0.15, -0.1) is 0 Å². The Balaban J connectivity index is 1.65. The Kier molecular flexibility index (Phi) is 5.15. The van der Waals surface area contributed by atoms with E-state index in [1.807, 2.05) is 0 Å². The van der Waals surface area contributed by atoms with Crippen LogP contribution in [-0.2, 0) is 15.7 Å². The summed E-state index contributed by atoms with van der Waals surface area (Å²) < 4.78 is 46.5. The molecule has 3 aromatic rings. The Morgan fingerprint density at radius 1 is 1.20 bits per heavy atom. The second-order valence-electron chi connectivity index (χ2n) is 6.80. The quantitative estimate of drug-likeness (QED) is 0.595. The molecule has 4 rings (SSSR count). The summed E-state index contributed by atoms with van der Waals surface area (Å²) in [5.74, 6) is -0.853. The number of fused-ring (bicyclic) bond motifs is 1. The number of hydrogen-bond acceptors (Lipinski definition) is 5. The number of nitrogens with zero attached hydrogens (tertiary/aromatic N) is 4. The molecule has 10 heteroatoms. The highest BCUT2D eigenvalue weighted by atomic mass is 19.4. The monoisotopic (exact) mass is 418 g/mol. The van der Waals surface area contributed by atoms with Crippen molar-refractivity contribution in [2.24, 2.45) is 0 Å². The van der Waals surface area contributed by atoms with E-state index in [0.717, 1.165) is 18.7 Å². The van der Waals surface area contributed by atoms with Crippen molar-refractivity contribution in [2.45, 2.75) is 19.0 Å². The molecule has 1 amide bonds. The van der Waals surface area contributed by atoms with Crippen LogP contribution in [0.4, 0.5) is 13.2 Å². The highest BCUT2D eigenvalue weighted by molar-refractivity contribution is 5.96. The zero-order valence-corrected chi connectivity index (χ0v) is 15.7. The second kappa shape index (κ2) is 7.77. The van der Waals surface area contributed by atoms with Crippen LogP contribution < -0.4 is 0 Å². The van der Waals surface area contributed by atoms with Gasteiger partial charge < -0.3 is 9.64 Å². The maximum Gasteiger partial charge on any atom is 0.433 e. The van der Waals surface area contributed by atoms with Gasteiger partial charge in [0.2, 0.25) is 5.91 Å². The van der Waals surface area contributed by atoms with E-state index in [0.29, 0.717) is 23.0 Å². The predicted octanol–water partition coefficient (Wildman–Crippen LogP) is 3.19. The van der Waals surface area contributed by atoms with Crippen LogP contribution in [0.25, 0.3) is 16.9 Å². The number of carbonyl (C=O) groups is 2. The van der Waals surface area contributed by atoms with E-state index >= 15 is 0 Å². The number of likely N-dealkylation sites (tertiary alicyclic amines) is 1. The van der Waals surface area contributed by atoms with Gasteiger partial charge in [0.1, 0.15) is 12.2 Å². The summed E-state index contributed by atoms with van der Waals surface area (Å²) >= 11 is 0. The minimum absolute atomic E-state index is 0.00831. The van der Waals surface area contributed by atoms with E-state index in [2.05, 4.69) is 10.1 Å². The molecule has 0 radical (unpaired) electrons. The first kappa shape index (κ1) is 19.9. The van der Waals surface area contributed by atoms with Gasteiger partial charge in [-0.2, -0.15) is 18.3 Å². The van der Waals surface area contributed by atoms with Crippen LogP contribution in [0.5, 0.6) is 0 Å². The number of rotatable bonds is 5. The van der Waals surface area contributed by atoms with Gasteiger partial charge in [-0.25, -0.2) is 14.3 Å². The summed E-state index contributed by atoms with van der Waals surface area (Å²) in [6.45, 7) is 0.775. The van der Waals surface area contributed by atoms with Gasteiger partial charge in [-0.1, -0.05) is 30.3 Å². The molecular weight excluding hydrogens is 401 g/mol. The topological polar surface area (TPSA) is 76.8 Å². The summed E-state index contributed by atoms with van der Waals surface area (Å²) in [5.41, 5.74) is -0.934. The van der Waals surface area contributed by atoms with Crippen LogP contribution in [0.3, 0.4) is 0 Å². The number of halogens is 3. The first-order valence-electron chi connectivity index (χ1n) is 9.31. The molecule has 1 aliphatic heterocycles. The number of ether oxygens (including phenoxy) is 1. The summed E-state index contributed by atoms with van der Waals surface area (Å²) in [6, 6.07) is 9.24. The molecule has 7 nitrogen and oxygen atoms in total. The van der Waals surface area contributed by atoms with Gasteiger partial charge in [-0.05, 0) is 12.5 Å². The molecule has 156 valence electrons. The van der Waals surface area contributed by atoms with E-state index in [9.17, 15) is 22.8 Å². The molecule has 1 fully saturated rings. The number of amides is 1. The van der Waals surface area contributed by atoms with E-state index in [-0.39, 0.29) is 36.0 Å². The van der Waals surface area contributed by atoms with Gasteiger partial charge in [0, 0.05) is 18.5 Å². The maximum atomic E-state index is 13.6. The van der Waals surface area contributed by atoms with Crippen LogP contribution >= 0.6 is 0 Å². The third kappa shape index (κ3) is 3.85. The van der Waals surface area contributed by atoms with Crippen molar-refractivity contribution < 1.29 is 27.5 Å². The molecule has 30 heavy (non-hydrogen) atoms. The molecule has 0 aliphatic carbocycles. The zero-order valence-electron chi connectivity index (χ0n) is 15.7. The van der Waals surface area contributed by atoms with Gasteiger partial charge in [0.05, 0.1) is 18.4 Å². The van der Waals surface area contributed by atoms with Gasteiger partial charge in [0.15, 0.2) is 11.3 Å². The lowest BCUT2D eigenvalue weighted by Gasteiger charge is -2.15. The van der Waals surface area contributed by atoms with E-state index in [1.54, 1.807) is 35.2 Å². The Hall–Kier alpha value is -3.43. The number of aromatic nitrogens is 3. The first-order valence-corrected chi connectivity index (χ1v) is 9.31. The van der Waals surface area contributed by atoms with Gasteiger partial charge in [0.25, 0.3) is 0 Å². The third-order valence-corrected chi connectivity index (χ3v) is 4.82. The van der Waals surface area contributed by atoms with Crippen molar-refractivity contribution in [1.82, 2.24) is 19.5 Å². The van der Waals surface area contributed by atoms with Crippen molar-refractivity contribution in [3.05, 3.63) is 53.9 Å². The van der Waals surface area contributed by atoms with Crippen LogP contribution in [-0.4, -0.2) is 51.1 Å². The molecule has 1 saturated heterocycles. The number of hydrogen-bond donors (Lipinski definition) is 0. The Morgan fingerprint density at radius 3 is 2.63 bits per heavy atom. The SMILES string of the molecule is O=C(OCCN1CCCC1=O)c1cnn2c(C(F)(F)F)cc(-c3ccccc3)nc12. The van der Waals surface area contributed by atoms with Crippen molar-refractivity contribution >= 4 is 17.5 Å². The van der Waals surface area contributed by atoms with Crippen molar-refractivity contribution in [3.63, 3.8) is 0 Å². The van der Waals surface area contributed by atoms with E-state index < -0.39 is 17.8 Å². The number of carbonyl (C=O) groups excluding carboxylic acids is 2. The van der Waals surface area contributed by atoms with Crippen LogP contribution in [0.2, 0.25) is 0 Å². The molecule has 0 spiro atoms. The molecule has 0 N–H and O–H groups in total. The maximum absolute atomic E-state index is 13.6. The molecule has 0 saturated carbocycles. The summed E-state index contributed by atoms with van der Waals surface area (Å²) in [6.07, 6.45) is -2.47. The molecule has 1 aromatic carbocycles. The minimum Gasteiger partial charge on any atom is -0.460 e. The Labute approximate surface area is 169 Å². The lowest BCUT2D eigenvalue weighted by molar-refractivity contribution is -0.142. The average Bonchev–Trinajstić information content (AvgIpc) is 3.33. The predicted molar refractivity (Wildman–Crippen MR) is 99.5 cm³/mol. The Bertz CT molecular complexity index is 1100. The van der Waals surface area contributed by atoms with Crippen molar-refractivity contribution in [2.75, 3.05) is 19.7 Å². The highest BCUT2D eigenvalue weighted by Crippen LogP contribution is 2.32. The average molecular weight is 418 g/mol. The van der Waals surface area contributed by atoms with Crippen LogP contribution in [0, 0.1) is 0 Å². The fraction of sp³-hybridized carbons (Fsp3) is 0.300. The standard InChI is InChI=1S/C20H17F3N4O3/c21-20(22,23)16-11-15(13-5-2-1-3-6-13)25-18-14(12-24-27(16)18)19(29)30-10-9-26-8-4-7-17(26)28/h1-3,5-6,11-12H,4,7-10H2. The smallest absolute Gasteiger partial charge is 0.433 e. The van der Waals surface area contributed by atoms with Crippen molar-refractivity contribution in [3.8, 4) is 11.3 Å². The Morgan fingerprint density at radius 2 is 1.97 bits per heavy atom. The summed E-state index contributed by atoms with van der Waals surface area (Å²) in [7, 11) is 0. The van der Waals surface area contributed by atoms with Gasteiger partial charge >= 0.3 is 12.1 Å². The summed E-state index contributed by atoms with van der Waals surface area (Å²) in [5, 5.41) is 3.71. The van der Waals surface area contributed by atoms with E-state index in [4.69, 9.17) is 4.74 Å². The van der Waals surface area contributed by atoms with Crippen molar-refractivity contribution in [1.29, 1.82) is 0 Å². The number of benzene rings is 1. The van der Waals surface area contributed by atoms with Gasteiger partial charge in [-0.3, -0.25) is 4.79 Å². The molecule has 0 unspecified atom stereocenters. The molecule has 3 heterocycles. The normalized spacial score (nSPS) is 14.5. The minimum atomic E-state index is -4.70. The molecule has 1 aliphatic rings. The first-order chi connectivity index (χ1) is 14.3. The zero-order chi connectivity index (χ0) is 21.3. The third-order valence-electron chi connectivity index (χ3n) is 4.82. The largest absolute Gasteiger partial charge is 0.460 e. The molecule has 0 bridgehead atoms. The molecule has 2 aromatic heterocycles. The molecular formula is C20H17F3N4O3. The highest BCUT2D eigenvalue weighted by Gasteiger charge is 2.36. The fourth-order valence-electron chi connectivity index (χ4n) is 3.33. The van der Waals surface area contributed by atoms with E-state index in [1.165, 1.54) is 0 Å². The second-order valence-corrected chi connectivity index (χ2v) is 6.80. The van der Waals surface area contributed by atoms with Crippen LogP contribution in [0.1, 0.15) is 28.9 Å². The number of esters is 1. The summed E-state index contributed by atoms with van der Waals surface area (Å²) in [4.78, 5) is 29.9. The fourth-order valence-corrected chi connectivity index (χ4v) is 3.33. The number of alkyl halides is 3. The lowest BCUT2D eigenvalue weighted by Crippen LogP contribution is -2.29. The molecule has 0 atom stereocenters. The van der Waals surface area contributed by atoms with Crippen LogP contribution in [0.15, 0.2) is 42.6 Å².